The standard InChI is InChI=1S/C21H18ClNO4S/c1-14-12-15(2-11-20(14)21(24)25)13-28(26,27)23-19-9-5-17(6-10-19)16-3-7-18(22)8-4-16/h2-12,23H,13H2,1H3,(H,24,25). The Kier molecular flexibility index (Phi) is 5.72. The van der Waals surface area contributed by atoms with Gasteiger partial charge in [-0.05, 0) is 59.5 Å². The van der Waals surface area contributed by atoms with Crippen LogP contribution in [0, 0.1) is 6.92 Å². The zero-order chi connectivity index (χ0) is 20.3. The van der Waals surface area contributed by atoms with Gasteiger partial charge in [0.25, 0.3) is 0 Å². The van der Waals surface area contributed by atoms with Gasteiger partial charge >= 0.3 is 5.97 Å². The van der Waals surface area contributed by atoms with Crippen LogP contribution in [0.5, 0.6) is 0 Å². The van der Waals surface area contributed by atoms with Crippen LogP contribution < -0.4 is 4.72 Å². The lowest BCUT2D eigenvalue weighted by molar-refractivity contribution is 0.0696. The summed E-state index contributed by atoms with van der Waals surface area (Å²) in [5.41, 5.74) is 3.58. The molecule has 0 aliphatic heterocycles. The SMILES string of the molecule is Cc1cc(CS(=O)(=O)Nc2ccc(-c3ccc(Cl)cc3)cc2)ccc1C(=O)O. The fourth-order valence-electron chi connectivity index (χ4n) is 2.86. The minimum absolute atomic E-state index is 0.159. The molecule has 0 atom stereocenters. The van der Waals surface area contributed by atoms with Crippen molar-refractivity contribution in [2.45, 2.75) is 12.7 Å². The highest BCUT2D eigenvalue weighted by Crippen LogP contribution is 2.24. The van der Waals surface area contributed by atoms with Crippen LogP contribution in [0.1, 0.15) is 21.5 Å². The molecule has 0 saturated carbocycles. The lowest BCUT2D eigenvalue weighted by Crippen LogP contribution is -2.15. The van der Waals surface area contributed by atoms with E-state index < -0.39 is 16.0 Å². The van der Waals surface area contributed by atoms with E-state index in [4.69, 9.17) is 16.7 Å². The summed E-state index contributed by atoms with van der Waals surface area (Å²) in [6.07, 6.45) is 0. The van der Waals surface area contributed by atoms with Crippen LogP contribution in [0.4, 0.5) is 5.69 Å². The Morgan fingerprint density at radius 3 is 2.07 bits per heavy atom. The minimum Gasteiger partial charge on any atom is -0.478 e. The number of aromatic carboxylic acids is 1. The number of carbonyl (C=O) groups is 1. The van der Waals surface area contributed by atoms with E-state index in [1.165, 1.54) is 12.1 Å². The molecule has 3 rings (SSSR count). The van der Waals surface area contributed by atoms with Gasteiger partial charge in [-0.15, -0.1) is 0 Å². The second-order valence-corrected chi connectivity index (χ2v) is 8.56. The minimum atomic E-state index is -3.64. The summed E-state index contributed by atoms with van der Waals surface area (Å²) in [7, 11) is -3.64. The third kappa shape index (κ3) is 4.91. The largest absolute Gasteiger partial charge is 0.478 e. The van der Waals surface area contributed by atoms with Gasteiger partial charge < -0.3 is 5.11 Å². The molecule has 0 aromatic heterocycles. The third-order valence-corrected chi connectivity index (χ3v) is 5.73. The first-order valence-electron chi connectivity index (χ1n) is 8.43. The fraction of sp³-hybridized carbons (Fsp3) is 0.0952. The molecule has 0 saturated heterocycles. The Morgan fingerprint density at radius 2 is 1.54 bits per heavy atom. The number of carboxylic acids is 1. The van der Waals surface area contributed by atoms with E-state index in [0.29, 0.717) is 21.8 Å². The van der Waals surface area contributed by atoms with E-state index in [1.807, 2.05) is 24.3 Å². The summed E-state index contributed by atoms with van der Waals surface area (Å²) in [6, 6.07) is 18.9. The number of carboxylic acid groups (broad SMARTS) is 1. The average molecular weight is 416 g/mol. The van der Waals surface area contributed by atoms with Crippen molar-refractivity contribution in [2.75, 3.05) is 4.72 Å². The molecule has 28 heavy (non-hydrogen) atoms. The Labute approximate surface area is 168 Å². The average Bonchev–Trinajstić information content (AvgIpc) is 2.62. The van der Waals surface area contributed by atoms with Gasteiger partial charge in [0.2, 0.25) is 10.0 Å². The maximum absolute atomic E-state index is 12.4. The molecule has 3 aromatic carbocycles. The van der Waals surface area contributed by atoms with Gasteiger partial charge in [0, 0.05) is 10.7 Å². The summed E-state index contributed by atoms with van der Waals surface area (Å²) < 4.78 is 27.4. The lowest BCUT2D eigenvalue weighted by atomic mass is 10.1. The molecule has 0 fully saturated rings. The van der Waals surface area contributed by atoms with Gasteiger partial charge in [-0.3, -0.25) is 4.72 Å². The van der Waals surface area contributed by atoms with Crippen molar-refractivity contribution in [3.05, 3.63) is 88.4 Å². The molecular formula is C21H18ClNO4S. The van der Waals surface area contributed by atoms with Crippen molar-refractivity contribution in [1.82, 2.24) is 0 Å². The smallest absolute Gasteiger partial charge is 0.335 e. The fourth-order valence-corrected chi connectivity index (χ4v) is 4.18. The van der Waals surface area contributed by atoms with Crippen LogP contribution in [0.3, 0.4) is 0 Å². The van der Waals surface area contributed by atoms with Crippen molar-refractivity contribution in [1.29, 1.82) is 0 Å². The number of benzene rings is 3. The molecular weight excluding hydrogens is 398 g/mol. The van der Waals surface area contributed by atoms with E-state index in [2.05, 4.69) is 4.72 Å². The van der Waals surface area contributed by atoms with Gasteiger partial charge in [0.05, 0.1) is 11.3 Å². The van der Waals surface area contributed by atoms with Crippen molar-refractivity contribution < 1.29 is 18.3 Å². The summed E-state index contributed by atoms with van der Waals surface area (Å²) in [4.78, 5) is 11.1. The Morgan fingerprint density at radius 1 is 0.964 bits per heavy atom. The lowest BCUT2D eigenvalue weighted by Gasteiger charge is -2.10. The molecule has 0 radical (unpaired) electrons. The van der Waals surface area contributed by atoms with Crippen molar-refractivity contribution in [2.24, 2.45) is 0 Å². The van der Waals surface area contributed by atoms with Gasteiger partial charge in [-0.2, -0.15) is 0 Å². The van der Waals surface area contributed by atoms with Crippen LogP contribution in [-0.4, -0.2) is 19.5 Å². The first-order valence-corrected chi connectivity index (χ1v) is 10.5. The number of aryl methyl sites for hydroxylation is 1. The summed E-state index contributed by atoms with van der Waals surface area (Å²) in [5.74, 6) is -1.28. The Balaban J connectivity index is 1.72. The van der Waals surface area contributed by atoms with Gasteiger partial charge in [-0.1, -0.05) is 48.0 Å². The molecule has 0 aliphatic carbocycles. The first kappa shape index (κ1) is 19.9. The molecule has 0 unspecified atom stereocenters. The van der Waals surface area contributed by atoms with E-state index in [9.17, 15) is 13.2 Å². The number of halogens is 1. The first-order chi connectivity index (χ1) is 13.2. The van der Waals surface area contributed by atoms with Crippen molar-refractivity contribution in [3.63, 3.8) is 0 Å². The van der Waals surface area contributed by atoms with E-state index in [1.54, 1.807) is 37.3 Å². The molecule has 7 heteroatoms. The molecule has 0 amide bonds. The van der Waals surface area contributed by atoms with Crippen LogP contribution in [0.2, 0.25) is 5.02 Å². The van der Waals surface area contributed by atoms with E-state index in [0.717, 1.165) is 11.1 Å². The van der Waals surface area contributed by atoms with Gasteiger partial charge in [0.1, 0.15) is 0 Å². The molecule has 0 aliphatic rings. The van der Waals surface area contributed by atoms with Crippen molar-refractivity contribution in [3.8, 4) is 11.1 Å². The summed E-state index contributed by atoms with van der Waals surface area (Å²) in [5, 5.41) is 9.72. The summed E-state index contributed by atoms with van der Waals surface area (Å²) in [6.45, 7) is 1.64. The molecule has 5 nitrogen and oxygen atoms in total. The number of hydrogen-bond acceptors (Lipinski definition) is 3. The highest BCUT2D eigenvalue weighted by atomic mass is 35.5. The Hall–Kier alpha value is -2.83. The van der Waals surface area contributed by atoms with Crippen LogP contribution in [0.15, 0.2) is 66.7 Å². The number of sulfonamides is 1. The quantitative estimate of drug-likeness (QED) is 0.596. The summed E-state index contributed by atoms with van der Waals surface area (Å²) >= 11 is 5.89. The molecule has 0 bridgehead atoms. The van der Waals surface area contributed by atoms with Crippen LogP contribution in [0.25, 0.3) is 11.1 Å². The second-order valence-electron chi connectivity index (χ2n) is 6.40. The zero-order valence-electron chi connectivity index (χ0n) is 15.0. The number of rotatable bonds is 6. The predicted molar refractivity (Wildman–Crippen MR) is 111 cm³/mol. The van der Waals surface area contributed by atoms with Crippen LogP contribution in [-0.2, 0) is 15.8 Å². The monoisotopic (exact) mass is 415 g/mol. The number of nitrogens with one attached hydrogen (secondary N) is 1. The van der Waals surface area contributed by atoms with E-state index in [-0.39, 0.29) is 11.3 Å². The topological polar surface area (TPSA) is 83.5 Å². The molecule has 144 valence electrons. The third-order valence-electron chi connectivity index (χ3n) is 4.21. The highest BCUT2D eigenvalue weighted by Gasteiger charge is 2.14. The molecule has 3 aromatic rings. The predicted octanol–water partition coefficient (Wildman–Crippen LogP) is 4.96. The number of hydrogen-bond donors (Lipinski definition) is 2. The number of anilines is 1. The molecule has 2 N–H and O–H groups in total. The highest BCUT2D eigenvalue weighted by molar-refractivity contribution is 7.91. The zero-order valence-corrected chi connectivity index (χ0v) is 16.6. The molecule has 0 heterocycles. The van der Waals surface area contributed by atoms with Crippen LogP contribution >= 0.6 is 11.6 Å². The van der Waals surface area contributed by atoms with Gasteiger partial charge in [0.15, 0.2) is 0 Å². The maximum Gasteiger partial charge on any atom is 0.335 e. The van der Waals surface area contributed by atoms with E-state index >= 15 is 0 Å². The normalized spacial score (nSPS) is 11.2. The second kappa shape index (κ2) is 8.04. The molecule has 0 spiro atoms. The maximum atomic E-state index is 12.4. The van der Waals surface area contributed by atoms with Crippen molar-refractivity contribution >= 4 is 33.3 Å². The Bertz CT molecular complexity index is 1110. The van der Waals surface area contributed by atoms with Gasteiger partial charge in [-0.25, -0.2) is 13.2 Å².